The van der Waals surface area contributed by atoms with Gasteiger partial charge in [0.2, 0.25) is 21.7 Å². The molecule has 1 heterocycles. The third kappa shape index (κ3) is 14.8. The fourth-order valence-electron chi connectivity index (χ4n) is 10.9. The average Bonchev–Trinajstić information content (AvgIpc) is 3.38. The van der Waals surface area contributed by atoms with Gasteiger partial charge in [0, 0.05) is 69.5 Å². The Labute approximate surface area is 437 Å². The molecule has 404 valence electrons. The van der Waals surface area contributed by atoms with Crippen molar-refractivity contribution in [3.05, 3.63) is 112 Å². The molecule has 3 aromatic rings. The molecule has 18 heteroatoms. The minimum atomic E-state index is -4.35. The molecule has 1 fully saturated rings. The van der Waals surface area contributed by atoms with Crippen LogP contribution >= 0.6 is 0 Å². The summed E-state index contributed by atoms with van der Waals surface area (Å²) in [6, 6.07) is 15.9. The first-order valence-corrected chi connectivity index (χ1v) is 28.0. The number of nitro benzene ring substituents is 1. The highest BCUT2D eigenvalue weighted by molar-refractivity contribution is 7.89. The molecular weight excluding hydrogens is 967 g/mol. The van der Waals surface area contributed by atoms with Gasteiger partial charge in [-0.25, -0.2) is 13.2 Å². The Hall–Kier alpha value is -5.66. The number of amides is 2. The lowest BCUT2D eigenvalue weighted by Crippen LogP contribution is -2.69. The summed E-state index contributed by atoms with van der Waals surface area (Å²) in [5, 5.41) is 41.8. The fourth-order valence-corrected chi connectivity index (χ4v) is 12.2. The number of carbonyl (C=O) groups is 2. The van der Waals surface area contributed by atoms with Crippen molar-refractivity contribution in [3.63, 3.8) is 0 Å². The number of nitrogens with one attached hydrogen (secondary N) is 2. The number of sulfonamides is 1. The second-order valence-corrected chi connectivity index (χ2v) is 21.7. The maximum atomic E-state index is 15.0. The van der Waals surface area contributed by atoms with Crippen molar-refractivity contribution in [2.45, 2.75) is 152 Å². The lowest BCUT2D eigenvalue weighted by molar-refractivity contribution is -0.384. The van der Waals surface area contributed by atoms with E-state index in [1.165, 1.54) is 99.6 Å². The van der Waals surface area contributed by atoms with Crippen LogP contribution in [-0.2, 0) is 31.0 Å². The van der Waals surface area contributed by atoms with Crippen LogP contribution in [0.5, 0.6) is 11.5 Å². The Balaban J connectivity index is 1.42. The molecule has 6 unspecified atom stereocenters. The molecule has 0 spiro atoms. The third-order valence-corrected chi connectivity index (χ3v) is 16.4. The standard InChI is InChI=1S/C56H77N5O12S/c1-5-7-8-9-10-11-12-13-14-17-32-57-55(65)72-45-28-31-51-49(37-45)53-47(21-16-19-34-63)42(20-15-18-33-62)36-48-50(59-71-39-41-22-26-44(27-23-41)61(66)67)38-52(56(73-51,54(48)53)70-35-6-2)60(4)74(68,69)46-29-24-43(25-30-46)58-40(3)64/h6,22-31,36-37,42,47,52-54,62-63H,2,5,7-21,32-35,38-39H2,1,3-4H3,(H,57,65)(H,58,64). The molecular formula is C56H77N5O12S. The van der Waals surface area contributed by atoms with Crippen molar-refractivity contribution >= 4 is 39.1 Å². The zero-order valence-corrected chi connectivity index (χ0v) is 44.2. The minimum absolute atomic E-state index is 0.00514. The number of fused-ring (bicyclic) bond motifs is 2. The average molecular weight is 1040 g/mol. The Morgan fingerprint density at radius 3 is 2.22 bits per heavy atom. The van der Waals surface area contributed by atoms with Gasteiger partial charge >= 0.3 is 6.09 Å². The summed E-state index contributed by atoms with van der Waals surface area (Å²) in [5.74, 6) is -2.77. The molecule has 1 aliphatic heterocycles. The molecule has 0 bridgehead atoms. The number of unbranched alkanes of at least 4 members (excludes halogenated alkanes) is 11. The van der Waals surface area contributed by atoms with Gasteiger partial charge in [-0.2, -0.15) is 4.31 Å². The number of nitro groups is 1. The Bertz CT molecular complexity index is 2500. The van der Waals surface area contributed by atoms with Gasteiger partial charge in [0.25, 0.3) is 5.69 Å². The monoisotopic (exact) mass is 1040 g/mol. The summed E-state index contributed by atoms with van der Waals surface area (Å²) in [6.45, 7) is 7.96. The summed E-state index contributed by atoms with van der Waals surface area (Å²) in [7, 11) is -2.87. The molecule has 3 aliphatic rings. The molecule has 2 aliphatic carbocycles. The number of hydrogen-bond acceptors (Lipinski definition) is 13. The van der Waals surface area contributed by atoms with E-state index in [1.54, 1.807) is 30.3 Å². The second kappa shape index (κ2) is 28.3. The molecule has 17 nitrogen and oxygen atoms in total. The third-order valence-electron chi connectivity index (χ3n) is 14.5. The van der Waals surface area contributed by atoms with Crippen LogP contribution in [0.1, 0.15) is 140 Å². The first kappa shape index (κ1) is 57.6. The predicted molar refractivity (Wildman–Crippen MR) is 284 cm³/mol. The summed E-state index contributed by atoms with van der Waals surface area (Å²) in [6.07, 6.45) is 18.7. The lowest BCUT2D eigenvalue weighted by Gasteiger charge is -2.59. The van der Waals surface area contributed by atoms with Crippen LogP contribution in [-0.4, -0.2) is 90.8 Å². The van der Waals surface area contributed by atoms with Gasteiger partial charge in [0.15, 0.2) is 0 Å². The maximum absolute atomic E-state index is 15.0. The van der Waals surface area contributed by atoms with Gasteiger partial charge in [0.1, 0.15) is 18.1 Å². The number of benzene rings is 3. The van der Waals surface area contributed by atoms with E-state index in [-0.39, 0.29) is 61.2 Å². The van der Waals surface area contributed by atoms with Crippen LogP contribution in [0.3, 0.4) is 0 Å². The molecule has 4 N–H and O–H groups in total. The van der Waals surface area contributed by atoms with Crippen molar-refractivity contribution in [2.24, 2.45) is 22.9 Å². The molecule has 3 aromatic carbocycles. The van der Waals surface area contributed by atoms with E-state index in [0.717, 1.165) is 30.4 Å². The number of non-ortho nitro benzene ring substituents is 1. The first-order chi connectivity index (χ1) is 35.8. The molecule has 6 atom stereocenters. The van der Waals surface area contributed by atoms with Crippen LogP contribution in [0.25, 0.3) is 0 Å². The molecule has 74 heavy (non-hydrogen) atoms. The predicted octanol–water partition coefficient (Wildman–Crippen LogP) is 10.7. The number of allylic oxidation sites excluding steroid dienone is 1. The lowest BCUT2D eigenvalue weighted by atomic mass is 9.55. The van der Waals surface area contributed by atoms with Gasteiger partial charge in [-0.1, -0.05) is 94.9 Å². The topological polar surface area (TPSA) is 228 Å². The van der Waals surface area contributed by atoms with Crippen molar-refractivity contribution in [2.75, 3.05) is 38.7 Å². The fraction of sp³-hybridized carbons (Fsp3) is 0.554. The molecule has 0 aromatic heterocycles. The van der Waals surface area contributed by atoms with Crippen molar-refractivity contribution in [3.8, 4) is 11.5 Å². The largest absolute Gasteiger partial charge is 0.460 e. The number of likely N-dealkylation sites (N-methyl/N-ethyl adjacent to an activating group) is 1. The molecule has 6 rings (SSSR count). The van der Waals surface area contributed by atoms with Gasteiger partial charge in [0.05, 0.1) is 34.1 Å². The van der Waals surface area contributed by atoms with E-state index in [9.17, 15) is 38.3 Å². The van der Waals surface area contributed by atoms with Gasteiger partial charge in [-0.15, -0.1) is 6.58 Å². The number of rotatable bonds is 31. The number of hydrogen-bond donors (Lipinski definition) is 4. The van der Waals surface area contributed by atoms with Crippen molar-refractivity contribution in [1.82, 2.24) is 9.62 Å². The number of anilines is 1. The normalized spacial score (nSPS) is 21.5. The SMILES string of the molecule is C=CCOC12Oc3ccc(OC(=O)NCCCCCCCCCCCC)cc3C3C(CCCCO)C(CCCCO)C=C(C(=NOCc4ccc([N+](=O)[O-])cc4)CC1N(C)S(=O)(=O)c1ccc(NC(C)=O)cc1)C32. The van der Waals surface area contributed by atoms with E-state index in [4.69, 9.17) is 24.2 Å². The van der Waals surface area contributed by atoms with Crippen molar-refractivity contribution in [1.29, 1.82) is 0 Å². The second-order valence-electron chi connectivity index (χ2n) is 19.7. The van der Waals surface area contributed by atoms with Crippen LogP contribution in [0.15, 0.2) is 101 Å². The van der Waals surface area contributed by atoms with E-state index < -0.39 is 44.7 Å². The quantitative estimate of drug-likeness (QED) is 0.0204. The van der Waals surface area contributed by atoms with Crippen molar-refractivity contribution < 1.29 is 52.2 Å². The van der Waals surface area contributed by atoms with E-state index in [0.29, 0.717) is 73.5 Å². The number of aliphatic hydroxyl groups excluding tert-OH is 2. The Kier molecular flexibility index (Phi) is 22.0. The molecule has 2 amide bonds. The number of oxime groups is 1. The minimum Gasteiger partial charge on any atom is -0.460 e. The summed E-state index contributed by atoms with van der Waals surface area (Å²) >= 11 is 0. The molecule has 1 saturated carbocycles. The zero-order chi connectivity index (χ0) is 53.1. The smallest absolute Gasteiger partial charge is 0.412 e. The zero-order valence-electron chi connectivity index (χ0n) is 43.4. The Morgan fingerprint density at radius 2 is 1.58 bits per heavy atom. The number of ether oxygens (including phenoxy) is 3. The van der Waals surface area contributed by atoms with Crippen LogP contribution in [0.2, 0.25) is 0 Å². The first-order valence-electron chi connectivity index (χ1n) is 26.5. The van der Waals surface area contributed by atoms with Crippen LogP contribution in [0, 0.1) is 27.9 Å². The summed E-state index contributed by atoms with van der Waals surface area (Å²) < 4.78 is 51.4. The Morgan fingerprint density at radius 1 is 0.919 bits per heavy atom. The van der Waals surface area contributed by atoms with Crippen LogP contribution < -0.4 is 20.1 Å². The van der Waals surface area contributed by atoms with Gasteiger partial charge in [-0.3, -0.25) is 14.9 Å². The maximum Gasteiger partial charge on any atom is 0.412 e. The molecule has 0 radical (unpaired) electrons. The highest BCUT2D eigenvalue weighted by Gasteiger charge is 2.65. The van der Waals surface area contributed by atoms with E-state index >= 15 is 0 Å². The highest BCUT2D eigenvalue weighted by Crippen LogP contribution is 2.62. The number of carbonyl (C=O) groups excluding carboxylic acids is 2. The number of aliphatic hydroxyl groups is 2. The van der Waals surface area contributed by atoms with Crippen LogP contribution in [0.4, 0.5) is 16.2 Å². The number of nitrogens with zero attached hydrogens (tertiary/aromatic N) is 3. The van der Waals surface area contributed by atoms with E-state index in [2.05, 4.69) is 30.2 Å². The molecule has 0 saturated heterocycles. The highest BCUT2D eigenvalue weighted by atomic mass is 32.2. The van der Waals surface area contributed by atoms with E-state index in [1.807, 2.05) is 6.07 Å². The summed E-state index contributed by atoms with van der Waals surface area (Å²) in [5.41, 5.74) is 2.86. The summed E-state index contributed by atoms with van der Waals surface area (Å²) in [4.78, 5) is 42.2. The van der Waals surface area contributed by atoms with Gasteiger partial charge < -0.3 is 39.9 Å². The van der Waals surface area contributed by atoms with Gasteiger partial charge in [-0.05, 0) is 110 Å².